The Kier molecular flexibility index (Phi) is 3.40. The number of amides is 3. The van der Waals surface area contributed by atoms with Crippen molar-refractivity contribution in [1.29, 1.82) is 0 Å². The van der Waals surface area contributed by atoms with Gasteiger partial charge in [-0.25, -0.2) is 4.79 Å². The quantitative estimate of drug-likeness (QED) is 0.613. The Morgan fingerprint density at radius 1 is 1.08 bits per heavy atom. The lowest BCUT2D eigenvalue weighted by molar-refractivity contribution is -0.138. The molecule has 0 unspecified atom stereocenters. The predicted molar refractivity (Wildman–Crippen MR) is 84.7 cm³/mol. The molecule has 4 atom stereocenters. The number of nitrogens with zero attached hydrogens (tertiary/aromatic N) is 2. The van der Waals surface area contributed by atoms with Crippen LogP contribution in [0.1, 0.15) is 18.0 Å². The number of carbonyl (C=O) groups is 3. The molecule has 2 heterocycles. The molecule has 124 valence electrons. The van der Waals surface area contributed by atoms with Gasteiger partial charge in [0, 0.05) is 7.05 Å². The topological polar surface area (TPSA) is 66.9 Å². The first-order valence-electron chi connectivity index (χ1n) is 8.07. The summed E-state index contributed by atoms with van der Waals surface area (Å²) in [6.07, 6.45) is 3.86. The van der Waals surface area contributed by atoms with Gasteiger partial charge in [-0.3, -0.25) is 19.4 Å². The van der Waals surface area contributed by atoms with Gasteiger partial charge < -0.3 is 4.74 Å². The van der Waals surface area contributed by atoms with Crippen LogP contribution in [0.15, 0.2) is 42.5 Å². The van der Waals surface area contributed by atoms with Crippen LogP contribution < -0.4 is 0 Å². The maximum atomic E-state index is 12.6. The molecule has 3 aliphatic rings. The number of rotatable bonds is 2. The van der Waals surface area contributed by atoms with E-state index < -0.39 is 18.1 Å². The predicted octanol–water partition coefficient (Wildman–Crippen LogP) is 1.74. The lowest BCUT2D eigenvalue weighted by atomic mass is 9.80. The second-order valence-electron chi connectivity index (χ2n) is 6.43. The molecule has 2 saturated heterocycles. The Bertz CT molecular complexity index is 730. The average Bonchev–Trinajstić information content (AvgIpc) is 3.10. The number of hydrogen-bond donors (Lipinski definition) is 0. The van der Waals surface area contributed by atoms with E-state index in [-0.39, 0.29) is 30.4 Å². The molecule has 0 N–H and O–H groups in total. The number of likely N-dealkylation sites (tertiary alicyclic amines) is 1. The van der Waals surface area contributed by atoms with Crippen molar-refractivity contribution in [2.24, 2.45) is 11.8 Å². The molecule has 2 aliphatic heterocycles. The summed E-state index contributed by atoms with van der Waals surface area (Å²) in [4.78, 5) is 40.0. The molecule has 3 amide bonds. The van der Waals surface area contributed by atoms with Crippen LogP contribution in [0.3, 0.4) is 0 Å². The summed E-state index contributed by atoms with van der Waals surface area (Å²) in [5, 5.41) is 0. The van der Waals surface area contributed by atoms with Crippen LogP contribution in [0.2, 0.25) is 0 Å². The van der Waals surface area contributed by atoms with Gasteiger partial charge in [0.15, 0.2) is 0 Å². The highest BCUT2D eigenvalue weighted by Gasteiger charge is 2.54. The molecular weight excluding hydrogens is 308 g/mol. The van der Waals surface area contributed by atoms with E-state index in [9.17, 15) is 14.4 Å². The minimum atomic E-state index is -0.524. The molecule has 1 aliphatic carbocycles. The monoisotopic (exact) mass is 326 g/mol. The van der Waals surface area contributed by atoms with Crippen LogP contribution in [-0.2, 0) is 14.3 Å². The van der Waals surface area contributed by atoms with Gasteiger partial charge in [0.05, 0.1) is 23.9 Å². The molecule has 6 heteroatoms. The zero-order chi connectivity index (χ0) is 16.8. The fourth-order valence-electron chi connectivity index (χ4n) is 3.98. The highest BCUT2D eigenvalue weighted by atomic mass is 16.6. The number of cyclic esters (lactones) is 1. The molecule has 0 aromatic heterocycles. The van der Waals surface area contributed by atoms with Crippen molar-refractivity contribution >= 4 is 17.9 Å². The molecule has 6 nitrogen and oxygen atoms in total. The van der Waals surface area contributed by atoms with Gasteiger partial charge >= 0.3 is 6.09 Å². The fraction of sp³-hybridized carbons (Fsp3) is 0.389. The molecule has 0 radical (unpaired) electrons. The van der Waals surface area contributed by atoms with E-state index in [4.69, 9.17) is 4.74 Å². The van der Waals surface area contributed by atoms with Crippen molar-refractivity contribution in [3.63, 3.8) is 0 Å². The first-order chi connectivity index (χ1) is 11.6. The SMILES string of the molecule is CN1C(=O)[C@@H]2[C@@H](CC=C[C@@H]2N2C(=O)OC[C@@H]2c2ccccc2)C1=O. The second-order valence-corrected chi connectivity index (χ2v) is 6.43. The maximum Gasteiger partial charge on any atom is 0.411 e. The van der Waals surface area contributed by atoms with Crippen molar-refractivity contribution in [3.8, 4) is 0 Å². The number of hydrogen-bond acceptors (Lipinski definition) is 4. The molecule has 0 saturated carbocycles. The van der Waals surface area contributed by atoms with Crippen LogP contribution in [-0.4, -0.2) is 47.4 Å². The van der Waals surface area contributed by atoms with Crippen LogP contribution in [0.4, 0.5) is 4.79 Å². The van der Waals surface area contributed by atoms with E-state index in [1.54, 1.807) is 4.90 Å². The van der Waals surface area contributed by atoms with Gasteiger partial charge in [0.2, 0.25) is 11.8 Å². The average molecular weight is 326 g/mol. The first-order valence-corrected chi connectivity index (χ1v) is 8.07. The van der Waals surface area contributed by atoms with Crippen molar-refractivity contribution in [1.82, 2.24) is 9.80 Å². The number of ether oxygens (including phenoxy) is 1. The summed E-state index contributed by atoms with van der Waals surface area (Å²) in [6, 6.07) is 8.92. The molecule has 0 bridgehead atoms. The van der Waals surface area contributed by atoms with Crippen LogP contribution >= 0.6 is 0 Å². The van der Waals surface area contributed by atoms with Gasteiger partial charge in [0.1, 0.15) is 6.61 Å². The number of allylic oxidation sites excluding steroid dienone is 1. The smallest absolute Gasteiger partial charge is 0.411 e. The van der Waals surface area contributed by atoms with E-state index in [2.05, 4.69) is 0 Å². The van der Waals surface area contributed by atoms with E-state index in [1.165, 1.54) is 11.9 Å². The molecule has 2 fully saturated rings. The fourth-order valence-corrected chi connectivity index (χ4v) is 3.98. The van der Waals surface area contributed by atoms with Crippen LogP contribution in [0.5, 0.6) is 0 Å². The first kappa shape index (κ1) is 14.9. The van der Waals surface area contributed by atoms with Crippen molar-refractivity contribution < 1.29 is 19.1 Å². The summed E-state index contributed by atoms with van der Waals surface area (Å²) < 4.78 is 5.27. The third-order valence-corrected chi connectivity index (χ3v) is 5.21. The minimum absolute atomic E-state index is 0.164. The number of fused-ring (bicyclic) bond motifs is 1. The minimum Gasteiger partial charge on any atom is -0.447 e. The summed E-state index contributed by atoms with van der Waals surface area (Å²) in [7, 11) is 1.51. The van der Waals surface area contributed by atoms with Crippen molar-refractivity contribution in [2.75, 3.05) is 13.7 Å². The van der Waals surface area contributed by atoms with Gasteiger partial charge in [-0.05, 0) is 12.0 Å². The number of carbonyl (C=O) groups excluding carboxylic acids is 3. The van der Waals surface area contributed by atoms with Gasteiger partial charge in [-0.15, -0.1) is 0 Å². The van der Waals surface area contributed by atoms with E-state index in [0.717, 1.165) is 5.56 Å². The maximum absolute atomic E-state index is 12.6. The van der Waals surface area contributed by atoms with Gasteiger partial charge in [0.25, 0.3) is 0 Å². The molecular formula is C18H18N2O4. The summed E-state index contributed by atoms with van der Waals surface area (Å²) in [5.74, 6) is -1.29. The summed E-state index contributed by atoms with van der Waals surface area (Å²) in [6.45, 7) is 0.253. The highest BCUT2D eigenvalue weighted by molar-refractivity contribution is 6.05. The number of benzene rings is 1. The lowest BCUT2D eigenvalue weighted by Crippen LogP contribution is -2.47. The van der Waals surface area contributed by atoms with Crippen LogP contribution in [0, 0.1) is 11.8 Å². The largest absolute Gasteiger partial charge is 0.447 e. The molecule has 1 aromatic rings. The normalized spacial score (nSPS) is 32.3. The molecule has 0 spiro atoms. The van der Waals surface area contributed by atoms with Crippen molar-refractivity contribution in [3.05, 3.63) is 48.0 Å². The summed E-state index contributed by atoms with van der Waals surface area (Å²) in [5.41, 5.74) is 0.962. The highest BCUT2D eigenvalue weighted by Crippen LogP contribution is 2.41. The zero-order valence-electron chi connectivity index (χ0n) is 13.3. The molecule has 24 heavy (non-hydrogen) atoms. The Morgan fingerprint density at radius 2 is 1.83 bits per heavy atom. The number of imide groups is 1. The second kappa shape index (κ2) is 5.47. The molecule has 1 aromatic carbocycles. The van der Waals surface area contributed by atoms with Crippen LogP contribution in [0.25, 0.3) is 0 Å². The molecule has 4 rings (SSSR count). The van der Waals surface area contributed by atoms with E-state index in [1.807, 2.05) is 42.5 Å². The van der Waals surface area contributed by atoms with Crippen molar-refractivity contribution in [2.45, 2.75) is 18.5 Å². The van der Waals surface area contributed by atoms with Gasteiger partial charge in [-0.2, -0.15) is 0 Å². The Balaban J connectivity index is 1.72. The standard InChI is InChI=1S/C18H18N2O4/c1-19-16(21)12-8-5-9-13(15(12)17(19)22)20-14(10-24-18(20)23)11-6-3-2-4-7-11/h2-7,9,12-15H,8,10H2,1H3/t12-,13+,14-,15-/m1/s1. The Labute approximate surface area is 139 Å². The van der Waals surface area contributed by atoms with Gasteiger partial charge in [-0.1, -0.05) is 42.5 Å². The zero-order valence-corrected chi connectivity index (χ0v) is 13.3. The summed E-state index contributed by atoms with van der Waals surface area (Å²) >= 11 is 0. The Morgan fingerprint density at radius 3 is 2.58 bits per heavy atom. The van der Waals surface area contributed by atoms with E-state index >= 15 is 0 Å². The third kappa shape index (κ3) is 2.06. The van der Waals surface area contributed by atoms with E-state index in [0.29, 0.717) is 6.42 Å². The lowest BCUT2D eigenvalue weighted by Gasteiger charge is -2.35. The third-order valence-electron chi connectivity index (χ3n) is 5.21. The Hall–Kier alpha value is -2.63.